The molecular weight excluding hydrogens is 346 g/mol. The Balaban J connectivity index is 1.96. The van der Waals surface area contributed by atoms with Gasteiger partial charge in [0.1, 0.15) is 5.58 Å². The first-order chi connectivity index (χ1) is 13.1. The Labute approximate surface area is 157 Å². The lowest BCUT2D eigenvalue weighted by atomic mass is 10.0. The Kier molecular flexibility index (Phi) is 4.63. The van der Waals surface area contributed by atoms with Crippen molar-refractivity contribution in [3.05, 3.63) is 47.7 Å². The number of carbonyl (C=O) groups excluding carboxylic acids is 1. The highest BCUT2D eigenvalue weighted by Crippen LogP contribution is 2.38. The molecule has 0 radical (unpaired) electrons. The molecule has 0 saturated carbocycles. The van der Waals surface area contributed by atoms with Gasteiger partial charge in [0, 0.05) is 32.7 Å². The van der Waals surface area contributed by atoms with E-state index in [1.807, 2.05) is 36.4 Å². The molecule has 1 fully saturated rings. The van der Waals surface area contributed by atoms with Crippen molar-refractivity contribution in [2.24, 2.45) is 0 Å². The van der Waals surface area contributed by atoms with Gasteiger partial charge in [0.15, 0.2) is 5.76 Å². The summed E-state index contributed by atoms with van der Waals surface area (Å²) in [4.78, 5) is 15.2. The molecule has 1 amide bonds. The summed E-state index contributed by atoms with van der Waals surface area (Å²) in [5.41, 5.74) is 1.13. The van der Waals surface area contributed by atoms with Crippen LogP contribution in [-0.2, 0) is 20.0 Å². The molecule has 0 N–H and O–H groups in total. The lowest BCUT2D eigenvalue weighted by molar-refractivity contribution is -0.212. The molecule has 4 rings (SSSR count). The number of rotatable bonds is 4. The molecule has 0 unspecified atom stereocenters. The smallest absolute Gasteiger partial charge is 0.258 e. The highest BCUT2D eigenvalue weighted by atomic mass is 16.7. The maximum absolute atomic E-state index is 13.4. The zero-order valence-electron chi connectivity index (χ0n) is 15.8. The standard InChI is InChI=1S/C21H23NO5/c1-21(24-2,25-3)19-18(20(23)22-8-10-26-11-9-22)16-12-14-6-4-5-7-15(14)13-17(16)27-19/h4-7,12-13H,8-11H2,1-3H3. The molecule has 27 heavy (non-hydrogen) atoms. The summed E-state index contributed by atoms with van der Waals surface area (Å²) < 4.78 is 22.7. The number of ether oxygens (including phenoxy) is 3. The van der Waals surface area contributed by atoms with Gasteiger partial charge in [-0.3, -0.25) is 4.79 Å². The fraction of sp³-hybridized carbons (Fsp3) is 0.381. The summed E-state index contributed by atoms with van der Waals surface area (Å²) in [6.07, 6.45) is 0. The molecule has 1 aliphatic heterocycles. The van der Waals surface area contributed by atoms with Gasteiger partial charge in [0.05, 0.1) is 18.8 Å². The van der Waals surface area contributed by atoms with Crippen molar-refractivity contribution >= 4 is 27.6 Å². The van der Waals surface area contributed by atoms with Crippen LogP contribution in [0.3, 0.4) is 0 Å². The predicted octanol–water partition coefficient (Wildman–Crippen LogP) is 3.52. The molecule has 2 aromatic carbocycles. The Morgan fingerprint density at radius 2 is 1.70 bits per heavy atom. The van der Waals surface area contributed by atoms with Crippen LogP contribution in [-0.4, -0.2) is 51.3 Å². The van der Waals surface area contributed by atoms with Gasteiger partial charge >= 0.3 is 0 Å². The second kappa shape index (κ2) is 6.96. The third-order valence-corrected chi connectivity index (χ3v) is 5.26. The molecule has 0 spiro atoms. The van der Waals surface area contributed by atoms with Gasteiger partial charge in [-0.25, -0.2) is 0 Å². The summed E-state index contributed by atoms with van der Waals surface area (Å²) in [5.74, 6) is -0.875. The summed E-state index contributed by atoms with van der Waals surface area (Å²) in [6, 6.07) is 12.0. The van der Waals surface area contributed by atoms with Crippen LogP contribution in [0, 0.1) is 0 Å². The van der Waals surface area contributed by atoms with Crippen molar-refractivity contribution < 1.29 is 23.4 Å². The quantitative estimate of drug-likeness (QED) is 0.659. The summed E-state index contributed by atoms with van der Waals surface area (Å²) in [5, 5.41) is 2.86. The molecule has 0 atom stereocenters. The SMILES string of the molecule is COC(C)(OC)c1oc2cc3ccccc3cc2c1C(=O)N1CCOCC1. The molecule has 0 bridgehead atoms. The molecule has 6 nitrogen and oxygen atoms in total. The minimum absolute atomic E-state index is 0.0948. The van der Waals surface area contributed by atoms with E-state index in [2.05, 4.69) is 0 Å². The number of nitrogens with zero attached hydrogens (tertiary/aromatic N) is 1. The van der Waals surface area contributed by atoms with Gasteiger partial charge in [-0.1, -0.05) is 24.3 Å². The largest absolute Gasteiger partial charge is 0.454 e. The Morgan fingerprint density at radius 1 is 1.07 bits per heavy atom. The number of carbonyl (C=O) groups is 1. The second-order valence-corrected chi connectivity index (χ2v) is 6.76. The fourth-order valence-corrected chi connectivity index (χ4v) is 3.51. The molecule has 1 aromatic heterocycles. The first kappa shape index (κ1) is 18.0. The fourth-order valence-electron chi connectivity index (χ4n) is 3.51. The van der Waals surface area contributed by atoms with E-state index >= 15 is 0 Å². The van der Waals surface area contributed by atoms with Crippen molar-refractivity contribution in [2.75, 3.05) is 40.5 Å². The Bertz CT molecular complexity index is 983. The van der Waals surface area contributed by atoms with Gasteiger partial charge < -0.3 is 23.5 Å². The number of amides is 1. The van der Waals surface area contributed by atoms with Crippen molar-refractivity contribution in [1.29, 1.82) is 0 Å². The van der Waals surface area contributed by atoms with Crippen LogP contribution in [0.25, 0.3) is 21.7 Å². The maximum Gasteiger partial charge on any atom is 0.258 e. The van der Waals surface area contributed by atoms with Gasteiger partial charge in [0.2, 0.25) is 5.79 Å². The number of morpholine rings is 1. The van der Waals surface area contributed by atoms with Crippen molar-refractivity contribution in [2.45, 2.75) is 12.7 Å². The summed E-state index contributed by atoms with van der Waals surface area (Å²) in [6.45, 7) is 3.92. The van der Waals surface area contributed by atoms with Gasteiger partial charge in [-0.15, -0.1) is 0 Å². The van der Waals surface area contributed by atoms with Gasteiger partial charge in [-0.2, -0.15) is 0 Å². The van der Waals surface area contributed by atoms with Crippen LogP contribution in [0.5, 0.6) is 0 Å². The summed E-state index contributed by atoms with van der Waals surface area (Å²) in [7, 11) is 3.08. The van der Waals surface area contributed by atoms with E-state index in [4.69, 9.17) is 18.6 Å². The minimum Gasteiger partial charge on any atom is -0.454 e. The van der Waals surface area contributed by atoms with Crippen LogP contribution in [0.1, 0.15) is 23.0 Å². The monoisotopic (exact) mass is 369 g/mol. The lowest BCUT2D eigenvalue weighted by Crippen LogP contribution is -2.41. The van der Waals surface area contributed by atoms with Crippen LogP contribution < -0.4 is 0 Å². The second-order valence-electron chi connectivity index (χ2n) is 6.76. The third kappa shape index (κ3) is 3.00. The van der Waals surface area contributed by atoms with E-state index < -0.39 is 5.79 Å². The average Bonchev–Trinajstić information content (AvgIpc) is 3.10. The van der Waals surface area contributed by atoms with Gasteiger partial charge in [0.25, 0.3) is 5.91 Å². The Hall–Kier alpha value is -2.41. The highest BCUT2D eigenvalue weighted by Gasteiger charge is 2.38. The zero-order valence-corrected chi connectivity index (χ0v) is 15.8. The minimum atomic E-state index is -1.16. The van der Waals surface area contributed by atoms with Crippen LogP contribution >= 0.6 is 0 Å². The van der Waals surface area contributed by atoms with E-state index in [9.17, 15) is 4.79 Å². The third-order valence-electron chi connectivity index (χ3n) is 5.26. The molecular formula is C21H23NO5. The van der Waals surface area contributed by atoms with Crippen LogP contribution in [0.2, 0.25) is 0 Å². The Morgan fingerprint density at radius 3 is 2.33 bits per heavy atom. The van der Waals surface area contributed by atoms with E-state index in [1.54, 1.807) is 11.8 Å². The topological polar surface area (TPSA) is 61.1 Å². The average molecular weight is 369 g/mol. The predicted molar refractivity (Wildman–Crippen MR) is 102 cm³/mol. The molecule has 3 aromatic rings. The normalized spacial score (nSPS) is 15.6. The number of hydrogen-bond acceptors (Lipinski definition) is 5. The lowest BCUT2D eigenvalue weighted by Gasteiger charge is -2.29. The number of methoxy groups -OCH3 is 2. The first-order valence-electron chi connectivity index (χ1n) is 9.00. The van der Waals surface area contributed by atoms with Crippen LogP contribution in [0.4, 0.5) is 0 Å². The zero-order chi connectivity index (χ0) is 19.0. The maximum atomic E-state index is 13.4. The molecule has 142 valence electrons. The number of benzene rings is 2. The molecule has 6 heteroatoms. The van der Waals surface area contributed by atoms with Crippen molar-refractivity contribution in [3.63, 3.8) is 0 Å². The van der Waals surface area contributed by atoms with E-state index in [-0.39, 0.29) is 5.91 Å². The molecule has 2 heterocycles. The summed E-state index contributed by atoms with van der Waals surface area (Å²) >= 11 is 0. The molecule has 1 aliphatic rings. The number of fused-ring (bicyclic) bond motifs is 2. The van der Waals surface area contributed by atoms with E-state index in [1.165, 1.54) is 14.2 Å². The van der Waals surface area contributed by atoms with E-state index in [0.717, 1.165) is 16.2 Å². The highest BCUT2D eigenvalue weighted by molar-refractivity contribution is 6.10. The number of furan rings is 1. The van der Waals surface area contributed by atoms with Gasteiger partial charge in [-0.05, 0) is 29.8 Å². The van der Waals surface area contributed by atoms with Crippen LogP contribution in [0.15, 0.2) is 40.8 Å². The van der Waals surface area contributed by atoms with Crippen molar-refractivity contribution in [3.8, 4) is 0 Å². The molecule has 0 aliphatic carbocycles. The first-order valence-corrected chi connectivity index (χ1v) is 9.00. The van der Waals surface area contributed by atoms with E-state index in [0.29, 0.717) is 43.2 Å². The van der Waals surface area contributed by atoms with Crippen molar-refractivity contribution in [1.82, 2.24) is 4.90 Å². The number of hydrogen-bond donors (Lipinski definition) is 0. The molecule has 1 saturated heterocycles.